The van der Waals surface area contributed by atoms with Crippen molar-refractivity contribution in [3.8, 4) is 5.75 Å². The number of hydrogen-bond donors (Lipinski definition) is 11. The molecule has 2 rings (SSSR count). The number of phenolic OH excluding ortho intramolecular Hbond substituents is 1. The van der Waals surface area contributed by atoms with Crippen LogP contribution in [0.5, 0.6) is 5.75 Å². The first-order valence-corrected chi connectivity index (χ1v) is 18.4. The van der Waals surface area contributed by atoms with Gasteiger partial charge in [0.15, 0.2) is 0 Å². The quantitative estimate of drug-likeness (QED) is 0.0559. The van der Waals surface area contributed by atoms with Gasteiger partial charge in [-0.15, -0.1) is 0 Å². The van der Waals surface area contributed by atoms with E-state index < -0.39 is 127 Å². The number of primary amides is 1. The number of carboxylic acid groups (broad SMARTS) is 2. The highest BCUT2D eigenvalue weighted by Gasteiger charge is 2.35. The minimum Gasteiger partial charge on any atom is -0.508 e. The molecule has 1 saturated heterocycles. The molecule has 1 aliphatic rings. The topological polar surface area (TPSA) is 325 Å². The number of rotatable bonds is 23. The molecule has 1 aromatic carbocycles. The van der Waals surface area contributed by atoms with Crippen molar-refractivity contribution in [2.45, 2.75) is 109 Å². The van der Waals surface area contributed by atoms with Crippen LogP contribution in [-0.2, 0) is 49.6 Å². The van der Waals surface area contributed by atoms with E-state index in [1.165, 1.54) is 24.3 Å². The summed E-state index contributed by atoms with van der Waals surface area (Å²) in [5, 5.41) is 46.3. The first-order chi connectivity index (χ1) is 26.3. The van der Waals surface area contributed by atoms with E-state index in [9.17, 15) is 58.5 Å². The Morgan fingerprint density at radius 2 is 1.39 bits per heavy atom. The van der Waals surface area contributed by atoms with Crippen LogP contribution in [0.25, 0.3) is 0 Å². The molecule has 0 bridgehead atoms. The molecule has 0 aromatic heterocycles. The van der Waals surface area contributed by atoms with Crippen LogP contribution >= 0.6 is 0 Å². The predicted octanol–water partition coefficient (Wildman–Crippen LogP) is -2.25. The van der Waals surface area contributed by atoms with Crippen LogP contribution in [0.2, 0.25) is 0 Å². The summed E-state index contributed by atoms with van der Waals surface area (Å²) < 4.78 is 0. The summed E-state index contributed by atoms with van der Waals surface area (Å²) in [6.45, 7) is 6.55. The summed E-state index contributed by atoms with van der Waals surface area (Å²) in [7, 11) is 0. The van der Waals surface area contributed by atoms with Crippen molar-refractivity contribution >= 4 is 53.3 Å². The molecular weight excluding hydrogens is 736 g/mol. The van der Waals surface area contributed by atoms with Crippen molar-refractivity contribution in [1.29, 1.82) is 0 Å². The number of aromatic hydroxyl groups is 1. The van der Waals surface area contributed by atoms with Crippen LogP contribution in [0.3, 0.4) is 0 Å². The minimum absolute atomic E-state index is 0.0871. The fraction of sp³-hybridized carbons (Fsp3) is 0.583. The first kappa shape index (κ1) is 46.4. The lowest BCUT2D eigenvalue weighted by molar-refractivity contribution is -0.144. The van der Waals surface area contributed by atoms with Crippen molar-refractivity contribution in [3.05, 3.63) is 29.8 Å². The van der Waals surface area contributed by atoms with Gasteiger partial charge in [0.25, 0.3) is 0 Å². The van der Waals surface area contributed by atoms with Crippen molar-refractivity contribution < 1.29 is 58.5 Å². The second-order valence-corrected chi connectivity index (χ2v) is 14.0. The highest BCUT2D eigenvalue weighted by molar-refractivity contribution is 5.98. The zero-order valence-electron chi connectivity index (χ0n) is 31.9. The van der Waals surface area contributed by atoms with Crippen molar-refractivity contribution in [2.75, 3.05) is 13.1 Å². The highest BCUT2D eigenvalue weighted by atomic mass is 16.4. The van der Waals surface area contributed by atoms with E-state index in [0.29, 0.717) is 24.9 Å². The predicted molar refractivity (Wildman–Crippen MR) is 198 cm³/mol. The van der Waals surface area contributed by atoms with E-state index in [1.807, 2.05) is 0 Å². The van der Waals surface area contributed by atoms with Gasteiger partial charge < -0.3 is 58.3 Å². The van der Waals surface area contributed by atoms with Crippen LogP contribution in [0, 0.1) is 11.8 Å². The third kappa shape index (κ3) is 15.5. The Morgan fingerprint density at radius 3 is 1.93 bits per heavy atom. The Bertz CT molecular complexity index is 1580. The molecule has 1 aromatic rings. The van der Waals surface area contributed by atoms with Gasteiger partial charge in [-0.3, -0.25) is 38.4 Å². The Morgan fingerprint density at radius 1 is 0.804 bits per heavy atom. The fourth-order valence-corrected chi connectivity index (χ4v) is 5.73. The summed E-state index contributed by atoms with van der Waals surface area (Å²) in [6, 6.07) is -2.16. The normalized spacial score (nSPS) is 16.8. The second-order valence-electron chi connectivity index (χ2n) is 14.0. The first-order valence-electron chi connectivity index (χ1n) is 18.4. The summed E-state index contributed by atoms with van der Waals surface area (Å²) in [6.07, 6.45) is -0.110. The number of amides is 7. The van der Waals surface area contributed by atoms with E-state index in [4.69, 9.17) is 5.73 Å². The molecule has 56 heavy (non-hydrogen) atoms. The van der Waals surface area contributed by atoms with Crippen LogP contribution < -0.4 is 43.0 Å². The van der Waals surface area contributed by atoms with E-state index in [2.05, 4.69) is 37.2 Å². The van der Waals surface area contributed by atoms with Gasteiger partial charge in [-0.05, 0) is 55.3 Å². The minimum atomic E-state index is -1.62. The number of nitrogens with one attached hydrogen (secondary N) is 7. The van der Waals surface area contributed by atoms with E-state index in [0.717, 1.165) is 6.42 Å². The lowest BCUT2D eigenvalue weighted by Gasteiger charge is -2.28. The molecule has 20 heteroatoms. The van der Waals surface area contributed by atoms with Crippen LogP contribution in [0.4, 0.5) is 0 Å². The number of nitrogens with two attached hydrogens (primary N) is 1. The van der Waals surface area contributed by atoms with Crippen molar-refractivity contribution in [2.24, 2.45) is 17.6 Å². The Hall–Kier alpha value is -5.79. The molecule has 7 atom stereocenters. The van der Waals surface area contributed by atoms with Crippen LogP contribution in [0.15, 0.2) is 24.3 Å². The fourth-order valence-electron chi connectivity index (χ4n) is 5.73. The summed E-state index contributed by atoms with van der Waals surface area (Å²) in [5.41, 5.74) is 5.77. The second kappa shape index (κ2) is 22.6. The monoisotopic (exact) mass is 790 g/mol. The molecule has 7 amide bonds. The SMILES string of the molecule is CC[C@H](C)[C@H](NC(=O)[C@H](CC(N)=O)NC(=O)[C@@H](NC(=O)[C@H](Cc1ccc(O)cc1)NC(=O)[C@H](CCC(=O)O)NC(=O)CNC(=O)[C@@H]1CCCN1)C(C)C)C(=O)O. The van der Waals surface area contributed by atoms with E-state index in [1.54, 1.807) is 27.7 Å². The van der Waals surface area contributed by atoms with Gasteiger partial charge in [0.2, 0.25) is 41.4 Å². The third-order valence-electron chi connectivity index (χ3n) is 9.17. The van der Waals surface area contributed by atoms with E-state index >= 15 is 0 Å². The van der Waals surface area contributed by atoms with Crippen LogP contribution in [0.1, 0.15) is 71.8 Å². The lowest BCUT2D eigenvalue weighted by atomic mass is 9.98. The van der Waals surface area contributed by atoms with Gasteiger partial charge in [0.05, 0.1) is 19.0 Å². The van der Waals surface area contributed by atoms with Gasteiger partial charge in [0.1, 0.15) is 36.0 Å². The summed E-state index contributed by atoms with van der Waals surface area (Å²) in [4.78, 5) is 115. The molecule has 20 nitrogen and oxygen atoms in total. The van der Waals surface area contributed by atoms with Crippen molar-refractivity contribution in [3.63, 3.8) is 0 Å². The van der Waals surface area contributed by atoms with Crippen molar-refractivity contribution in [1.82, 2.24) is 37.2 Å². The molecule has 1 heterocycles. The molecular formula is C36H54N8O12. The summed E-state index contributed by atoms with van der Waals surface area (Å²) in [5.74, 6) is -9.89. The maximum atomic E-state index is 13.9. The molecule has 1 aliphatic heterocycles. The van der Waals surface area contributed by atoms with Gasteiger partial charge in [-0.25, -0.2) is 4.79 Å². The van der Waals surface area contributed by atoms with Gasteiger partial charge in [0, 0.05) is 12.8 Å². The molecule has 12 N–H and O–H groups in total. The number of carbonyl (C=O) groups is 9. The maximum absolute atomic E-state index is 13.9. The third-order valence-corrected chi connectivity index (χ3v) is 9.17. The van der Waals surface area contributed by atoms with Crippen LogP contribution in [-0.4, -0.2) is 118 Å². The largest absolute Gasteiger partial charge is 0.508 e. The molecule has 0 spiro atoms. The smallest absolute Gasteiger partial charge is 0.326 e. The number of carbonyl (C=O) groups excluding carboxylic acids is 7. The Labute approximate surface area is 323 Å². The molecule has 0 saturated carbocycles. The van der Waals surface area contributed by atoms with Gasteiger partial charge in [-0.1, -0.05) is 46.2 Å². The number of hydrogen-bond acceptors (Lipinski definition) is 11. The zero-order chi connectivity index (χ0) is 42.1. The lowest BCUT2D eigenvalue weighted by Crippen LogP contribution is -2.61. The highest BCUT2D eigenvalue weighted by Crippen LogP contribution is 2.14. The van der Waals surface area contributed by atoms with Gasteiger partial charge in [-0.2, -0.15) is 0 Å². The maximum Gasteiger partial charge on any atom is 0.326 e. The molecule has 1 fully saturated rings. The molecule has 0 radical (unpaired) electrons. The Kier molecular flexibility index (Phi) is 18.7. The molecule has 310 valence electrons. The standard InChI is InChI=1S/C36H54N8O12/c1-5-19(4)30(36(55)56)44-34(53)25(16-26(37)46)42-35(54)29(18(2)3)43-33(52)24(15-20-8-10-21(45)11-9-20)41-32(51)23(12-13-28(48)49)40-27(47)17-39-31(50)22-7-6-14-38-22/h8-11,18-19,22-25,29-30,38,45H,5-7,12-17H2,1-4H3,(H2,37,46)(H,39,50)(H,40,47)(H,41,51)(H,42,54)(H,43,52)(H,44,53)(H,48,49)(H,55,56)/t19-,22-,23-,24-,25-,29-,30-/m0/s1. The zero-order valence-corrected chi connectivity index (χ0v) is 31.9. The molecule has 0 aliphatic carbocycles. The number of phenols is 1. The number of benzene rings is 1. The van der Waals surface area contributed by atoms with Gasteiger partial charge >= 0.3 is 11.9 Å². The number of aliphatic carboxylic acids is 2. The average Bonchev–Trinajstić information content (AvgIpc) is 3.68. The summed E-state index contributed by atoms with van der Waals surface area (Å²) >= 11 is 0. The Balaban J connectivity index is 2.32. The van der Waals surface area contributed by atoms with E-state index in [-0.39, 0.29) is 12.2 Å². The number of carboxylic acids is 2. The molecule has 0 unspecified atom stereocenters. The average molecular weight is 791 g/mol.